The van der Waals surface area contributed by atoms with Crippen LogP contribution in [0.4, 0.5) is 4.79 Å². The number of amides is 1. The van der Waals surface area contributed by atoms with Crippen molar-refractivity contribution in [3.05, 3.63) is 59.7 Å². The summed E-state index contributed by atoms with van der Waals surface area (Å²) in [5.41, 5.74) is 4.54. The summed E-state index contributed by atoms with van der Waals surface area (Å²) < 4.78 is 5.62. The van der Waals surface area contributed by atoms with Gasteiger partial charge in [0.2, 0.25) is 0 Å². The maximum absolute atomic E-state index is 12.7. The van der Waals surface area contributed by atoms with Crippen molar-refractivity contribution >= 4 is 12.1 Å². The molecular formula is C22H23NO5. The third-order valence-corrected chi connectivity index (χ3v) is 5.74. The molecule has 1 amide bonds. The fraction of sp³-hybridized carbons (Fsp3) is 0.364. The van der Waals surface area contributed by atoms with Gasteiger partial charge in [-0.3, -0.25) is 0 Å². The number of carbonyl (C=O) groups is 2. The monoisotopic (exact) mass is 381 g/mol. The van der Waals surface area contributed by atoms with E-state index >= 15 is 0 Å². The Labute approximate surface area is 163 Å². The molecule has 2 N–H and O–H groups in total. The Morgan fingerprint density at radius 3 is 2.25 bits per heavy atom. The first-order chi connectivity index (χ1) is 13.6. The van der Waals surface area contributed by atoms with Crippen molar-refractivity contribution in [1.29, 1.82) is 0 Å². The topological polar surface area (TPSA) is 87.1 Å². The number of likely N-dealkylation sites (tertiary alicyclic amines) is 1. The molecule has 2 aromatic rings. The van der Waals surface area contributed by atoms with E-state index in [4.69, 9.17) is 9.84 Å². The van der Waals surface area contributed by atoms with Gasteiger partial charge in [0.05, 0.1) is 6.04 Å². The first-order valence-corrected chi connectivity index (χ1v) is 9.60. The first-order valence-electron chi connectivity index (χ1n) is 9.60. The molecule has 2 aromatic carbocycles. The molecule has 6 nitrogen and oxygen atoms in total. The predicted molar refractivity (Wildman–Crippen MR) is 103 cm³/mol. The molecule has 1 aliphatic heterocycles. The van der Waals surface area contributed by atoms with E-state index in [1.807, 2.05) is 36.4 Å². The lowest BCUT2D eigenvalue weighted by atomic mass is 9.97. The van der Waals surface area contributed by atoms with Crippen LogP contribution in [0.25, 0.3) is 11.1 Å². The molecule has 0 aromatic heterocycles. The number of rotatable bonds is 4. The molecule has 0 radical (unpaired) electrons. The summed E-state index contributed by atoms with van der Waals surface area (Å²) in [6.07, 6.45) is -0.153. The minimum absolute atomic E-state index is 0.0519. The molecule has 0 bridgehead atoms. The van der Waals surface area contributed by atoms with E-state index in [9.17, 15) is 14.7 Å². The molecular weight excluding hydrogens is 358 g/mol. The van der Waals surface area contributed by atoms with Gasteiger partial charge >= 0.3 is 12.1 Å². The van der Waals surface area contributed by atoms with Crippen LogP contribution in [0.5, 0.6) is 0 Å². The van der Waals surface area contributed by atoms with Gasteiger partial charge in [-0.1, -0.05) is 48.5 Å². The smallest absolute Gasteiger partial charge is 0.410 e. The van der Waals surface area contributed by atoms with Gasteiger partial charge in [-0.05, 0) is 41.5 Å². The van der Waals surface area contributed by atoms with E-state index in [2.05, 4.69) is 12.1 Å². The maximum atomic E-state index is 12.7. The number of aliphatic carboxylic acids is 1. The SMILES string of the molecule is O=C(O)C(O)C1CCCCN1C(=O)OCC1c2ccccc2-c2ccccc21. The first kappa shape index (κ1) is 18.5. The average Bonchev–Trinajstić information content (AvgIpc) is 3.05. The van der Waals surface area contributed by atoms with Gasteiger partial charge in [-0.15, -0.1) is 0 Å². The maximum Gasteiger partial charge on any atom is 0.410 e. The minimum Gasteiger partial charge on any atom is -0.479 e. The third kappa shape index (κ3) is 3.24. The summed E-state index contributed by atoms with van der Waals surface area (Å²) in [4.78, 5) is 25.3. The second kappa shape index (κ2) is 7.64. The standard InChI is InChI=1S/C22H23NO5/c24-20(21(25)26)19-11-5-6-12-23(19)22(27)28-13-18-16-9-3-1-7-14(16)15-8-2-4-10-17(15)18/h1-4,7-10,18-20,24H,5-6,11-13H2,(H,25,26). The Morgan fingerprint density at radius 2 is 1.64 bits per heavy atom. The molecule has 4 rings (SSSR count). The zero-order valence-corrected chi connectivity index (χ0v) is 15.5. The lowest BCUT2D eigenvalue weighted by Gasteiger charge is -2.36. The molecule has 2 aliphatic rings. The average molecular weight is 381 g/mol. The summed E-state index contributed by atoms with van der Waals surface area (Å²) in [7, 11) is 0. The number of benzene rings is 2. The Bertz CT molecular complexity index is 851. The molecule has 146 valence electrons. The van der Waals surface area contributed by atoms with Crippen molar-refractivity contribution in [2.75, 3.05) is 13.2 Å². The normalized spacial score (nSPS) is 19.6. The van der Waals surface area contributed by atoms with Crippen LogP contribution < -0.4 is 0 Å². The fourth-order valence-corrected chi connectivity index (χ4v) is 4.35. The number of piperidine rings is 1. The van der Waals surface area contributed by atoms with Crippen molar-refractivity contribution in [1.82, 2.24) is 4.90 Å². The van der Waals surface area contributed by atoms with Crippen LogP contribution >= 0.6 is 0 Å². The number of aliphatic hydroxyl groups excluding tert-OH is 1. The van der Waals surface area contributed by atoms with Crippen molar-refractivity contribution in [3.8, 4) is 11.1 Å². The third-order valence-electron chi connectivity index (χ3n) is 5.74. The van der Waals surface area contributed by atoms with Gasteiger partial charge in [-0.25, -0.2) is 9.59 Å². The highest BCUT2D eigenvalue weighted by atomic mass is 16.6. The van der Waals surface area contributed by atoms with Gasteiger partial charge in [0.25, 0.3) is 0 Å². The van der Waals surface area contributed by atoms with Gasteiger partial charge < -0.3 is 19.8 Å². The molecule has 2 atom stereocenters. The molecule has 1 heterocycles. The number of fused-ring (bicyclic) bond motifs is 3. The highest BCUT2D eigenvalue weighted by Gasteiger charge is 2.37. The lowest BCUT2D eigenvalue weighted by molar-refractivity contribution is -0.150. The molecule has 6 heteroatoms. The van der Waals surface area contributed by atoms with Crippen molar-refractivity contribution < 1.29 is 24.5 Å². The number of carboxylic acids is 1. The molecule has 1 aliphatic carbocycles. The van der Waals surface area contributed by atoms with E-state index in [-0.39, 0.29) is 12.5 Å². The summed E-state index contributed by atoms with van der Waals surface area (Å²) in [6, 6.07) is 15.4. The molecule has 0 spiro atoms. The highest BCUT2D eigenvalue weighted by molar-refractivity contribution is 5.79. The molecule has 1 fully saturated rings. The van der Waals surface area contributed by atoms with Gasteiger partial charge in [0, 0.05) is 12.5 Å². The number of aliphatic hydroxyl groups is 1. The highest BCUT2D eigenvalue weighted by Crippen LogP contribution is 2.44. The van der Waals surface area contributed by atoms with Crippen LogP contribution in [0.2, 0.25) is 0 Å². The van der Waals surface area contributed by atoms with E-state index in [1.165, 1.54) is 4.90 Å². The van der Waals surface area contributed by atoms with Gasteiger partial charge in [-0.2, -0.15) is 0 Å². The van der Waals surface area contributed by atoms with E-state index < -0.39 is 24.2 Å². The van der Waals surface area contributed by atoms with E-state index in [0.29, 0.717) is 13.0 Å². The summed E-state index contributed by atoms with van der Waals surface area (Å²) in [5, 5.41) is 19.1. The minimum atomic E-state index is -1.60. The van der Waals surface area contributed by atoms with Crippen LogP contribution in [0, 0.1) is 0 Å². The number of hydrogen-bond acceptors (Lipinski definition) is 4. The number of nitrogens with zero attached hydrogens (tertiary/aromatic N) is 1. The van der Waals surface area contributed by atoms with Crippen LogP contribution in [-0.2, 0) is 9.53 Å². The van der Waals surface area contributed by atoms with Crippen LogP contribution in [0.15, 0.2) is 48.5 Å². The summed E-state index contributed by atoms with van der Waals surface area (Å²) in [6.45, 7) is 0.574. The van der Waals surface area contributed by atoms with Crippen LogP contribution in [0.3, 0.4) is 0 Å². The second-order valence-corrected chi connectivity index (χ2v) is 7.34. The Kier molecular flexibility index (Phi) is 5.05. The number of carboxylic acid groups (broad SMARTS) is 1. The molecule has 0 saturated carbocycles. The van der Waals surface area contributed by atoms with Crippen LogP contribution in [0.1, 0.15) is 36.3 Å². The predicted octanol–water partition coefficient (Wildman–Crippen LogP) is 3.24. The van der Waals surface area contributed by atoms with E-state index in [1.54, 1.807) is 0 Å². The molecule has 1 saturated heterocycles. The van der Waals surface area contributed by atoms with Crippen molar-refractivity contribution in [3.63, 3.8) is 0 Å². The quantitative estimate of drug-likeness (QED) is 0.849. The van der Waals surface area contributed by atoms with E-state index in [0.717, 1.165) is 35.1 Å². The second-order valence-electron chi connectivity index (χ2n) is 7.34. The van der Waals surface area contributed by atoms with Crippen molar-refractivity contribution in [2.24, 2.45) is 0 Å². The Hall–Kier alpha value is -2.86. The van der Waals surface area contributed by atoms with Crippen molar-refractivity contribution in [2.45, 2.75) is 37.3 Å². The Balaban J connectivity index is 1.51. The number of hydrogen-bond donors (Lipinski definition) is 2. The zero-order chi connectivity index (χ0) is 19.7. The zero-order valence-electron chi connectivity index (χ0n) is 15.5. The lowest BCUT2D eigenvalue weighted by Crippen LogP contribution is -2.52. The largest absolute Gasteiger partial charge is 0.479 e. The van der Waals surface area contributed by atoms with Crippen LogP contribution in [-0.4, -0.2) is 52.5 Å². The van der Waals surface area contributed by atoms with Gasteiger partial charge in [0.1, 0.15) is 6.61 Å². The fourth-order valence-electron chi connectivity index (χ4n) is 4.35. The number of ether oxygens (including phenoxy) is 1. The molecule has 28 heavy (non-hydrogen) atoms. The Morgan fingerprint density at radius 1 is 1.04 bits per heavy atom. The summed E-state index contributed by atoms with van der Waals surface area (Å²) >= 11 is 0. The van der Waals surface area contributed by atoms with Gasteiger partial charge in [0.15, 0.2) is 6.10 Å². The molecule has 2 unspecified atom stereocenters. The summed E-state index contributed by atoms with van der Waals surface area (Å²) in [5.74, 6) is -1.37. The number of carbonyl (C=O) groups excluding carboxylic acids is 1.